The van der Waals surface area contributed by atoms with Crippen LogP contribution >= 0.6 is 34.5 Å². The molecule has 1 saturated heterocycles. The van der Waals surface area contributed by atoms with E-state index in [1.807, 2.05) is 17.5 Å². The Morgan fingerprint density at radius 2 is 2.12 bits per heavy atom. The zero-order valence-electron chi connectivity index (χ0n) is 13.2. The molecular weight excluding hydrogens is 379 g/mol. The first-order valence-electron chi connectivity index (χ1n) is 7.83. The van der Waals surface area contributed by atoms with Gasteiger partial charge in [-0.05, 0) is 48.6 Å². The van der Waals surface area contributed by atoms with Crippen LogP contribution in [0.1, 0.15) is 17.7 Å². The first-order chi connectivity index (χ1) is 12.0. The first-order valence-corrected chi connectivity index (χ1v) is 9.46. The van der Waals surface area contributed by atoms with Crippen molar-refractivity contribution in [1.29, 1.82) is 0 Å². The molecule has 2 amide bonds. The summed E-state index contributed by atoms with van der Waals surface area (Å²) in [5.41, 5.74) is 0.490. The van der Waals surface area contributed by atoms with Crippen molar-refractivity contribution in [3.63, 3.8) is 0 Å². The molecule has 7 heteroatoms. The van der Waals surface area contributed by atoms with Gasteiger partial charge in [0.05, 0.1) is 10.7 Å². The Hall–Kier alpha value is -1.82. The standard InChI is InChI=1S/C18H16Cl2N2O2S/c19-12-5-7-15(14(20)11-12)21-18(24)16-4-1-9-22(16)17(23)8-6-13-3-2-10-25-13/h2-3,5-8,10-11,16H,1,4,9H2,(H,21,24). The number of anilines is 1. The molecule has 0 radical (unpaired) electrons. The summed E-state index contributed by atoms with van der Waals surface area (Å²) in [7, 11) is 0. The molecule has 1 atom stereocenters. The lowest BCUT2D eigenvalue weighted by Crippen LogP contribution is -2.42. The summed E-state index contributed by atoms with van der Waals surface area (Å²) >= 11 is 13.5. The van der Waals surface area contributed by atoms with Crippen LogP contribution in [0.4, 0.5) is 5.69 Å². The van der Waals surface area contributed by atoms with Gasteiger partial charge in [-0.25, -0.2) is 0 Å². The van der Waals surface area contributed by atoms with Gasteiger partial charge in [-0.1, -0.05) is 29.3 Å². The van der Waals surface area contributed by atoms with E-state index >= 15 is 0 Å². The van der Waals surface area contributed by atoms with Gasteiger partial charge in [0.2, 0.25) is 11.8 Å². The van der Waals surface area contributed by atoms with Crippen LogP contribution < -0.4 is 5.32 Å². The van der Waals surface area contributed by atoms with E-state index in [1.165, 1.54) is 6.08 Å². The van der Waals surface area contributed by atoms with E-state index in [4.69, 9.17) is 23.2 Å². The number of benzene rings is 1. The van der Waals surface area contributed by atoms with E-state index in [9.17, 15) is 9.59 Å². The van der Waals surface area contributed by atoms with Crippen LogP contribution in [0.25, 0.3) is 6.08 Å². The fourth-order valence-corrected chi connectivity index (χ4v) is 3.82. The van der Waals surface area contributed by atoms with Gasteiger partial charge in [0.25, 0.3) is 0 Å². The van der Waals surface area contributed by atoms with Crippen LogP contribution in [0.3, 0.4) is 0 Å². The maximum absolute atomic E-state index is 12.6. The van der Waals surface area contributed by atoms with Crippen molar-refractivity contribution >= 4 is 58.1 Å². The van der Waals surface area contributed by atoms with Crippen molar-refractivity contribution < 1.29 is 9.59 Å². The predicted molar refractivity (Wildman–Crippen MR) is 103 cm³/mol. The minimum atomic E-state index is -0.493. The summed E-state index contributed by atoms with van der Waals surface area (Å²) < 4.78 is 0. The smallest absolute Gasteiger partial charge is 0.247 e. The van der Waals surface area contributed by atoms with Crippen molar-refractivity contribution in [1.82, 2.24) is 4.90 Å². The molecule has 130 valence electrons. The van der Waals surface area contributed by atoms with Gasteiger partial charge >= 0.3 is 0 Å². The quantitative estimate of drug-likeness (QED) is 0.763. The molecule has 2 aromatic rings. The number of rotatable bonds is 4. The third kappa shape index (κ3) is 4.42. The summed E-state index contributed by atoms with van der Waals surface area (Å²) in [5.74, 6) is -0.396. The molecule has 1 aromatic carbocycles. The number of amides is 2. The van der Waals surface area contributed by atoms with Crippen molar-refractivity contribution in [3.05, 3.63) is 56.7 Å². The minimum absolute atomic E-state index is 0.159. The summed E-state index contributed by atoms with van der Waals surface area (Å²) in [6.45, 7) is 0.569. The molecule has 1 fully saturated rings. The second-order valence-electron chi connectivity index (χ2n) is 5.65. The van der Waals surface area contributed by atoms with Gasteiger partial charge in [0.15, 0.2) is 0 Å². The minimum Gasteiger partial charge on any atom is -0.327 e. The number of nitrogens with one attached hydrogen (secondary N) is 1. The maximum atomic E-state index is 12.6. The largest absolute Gasteiger partial charge is 0.327 e. The Labute approximate surface area is 160 Å². The van der Waals surface area contributed by atoms with Crippen molar-refractivity contribution in [2.24, 2.45) is 0 Å². The number of likely N-dealkylation sites (tertiary alicyclic amines) is 1. The van der Waals surface area contributed by atoms with E-state index in [2.05, 4.69) is 5.32 Å². The molecule has 0 spiro atoms. The second-order valence-corrected chi connectivity index (χ2v) is 7.47. The molecule has 0 bridgehead atoms. The van der Waals surface area contributed by atoms with E-state index in [-0.39, 0.29) is 11.8 Å². The van der Waals surface area contributed by atoms with Gasteiger partial charge in [-0.2, -0.15) is 0 Å². The van der Waals surface area contributed by atoms with Crippen molar-refractivity contribution in [2.75, 3.05) is 11.9 Å². The number of carbonyl (C=O) groups excluding carboxylic acids is 2. The average Bonchev–Trinajstić information content (AvgIpc) is 3.26. The Morgan fingerprint density at radius 1 is 1.28 bits per heavy atom. The van der Waals surface area contributed by atoms with Crippen LogP contribution in [0.2, 0.25) is 10.0 Å². The molecule has 0 aliphatic carbocycles. The van der Waals surface area contributed by atoms with E-state index < -0.39 is 6.04 Å². The highest BCUT2D eigenvalue weighted by atomic mass is 35.5. The maximum Gasteiger partial charge on any atom is 0.247 e. The second kappa shape index (κ2) is 8.04. The van der Waals surface area contributed by atoms with Crippen LogP contribution in [-0.2, 0) is 9.59 Å². The van der Waals surface area contributed by atoms with Gasteiger partial charge < -0.3 is 10.2 Å². The van der Waals surface area contributed by atoms with E-state index in [0.29, 0.717) is 28.7 Å². The van der Waals surface area contributed by atoms with Crippen LogP contribution in [0, 0.1) is 0 Å². The highest BCUT2D eigenvalue weighted by Gasteiger charge is 2.33. The first kappa shape index (κ1) is 18.0. The normalized spacial score (nSPS) is 17.2. The van der Waals surface area contributed by atoms with Crippen LogP contribution in [-0.4, -0.2) is 29.3 Å². The Balaban J connectivity index is 1.68. The fraction of sp³-hybridized carbons (Fsp3) is 0.222. The van der Waals surface area contributed by atoms with Crippen LogP contribution in [0.15, 0.2) is 41.8 Å². The third-order valence-corrected chi connectivity index (χ3v) is 5.35. The average molecular weight is 395 g/mol. The monoisotopic (exact) mass is 394 g/mol. The van der Waals surface area contributed by atoms with Crippen molar-refractivity contribution in [2.45, 2.75) is 18.9 Å². The third-order valence-electron chi connectivity index (χ3n) is 3.96. The topological polar surface area (TPSA) is 49.4 Å². The number of thiophene rings is 1. The number of hydrogen-bond acceptors (Lipinski definition) is 3. The molecule has 1 aromatic heterocycles. The van der Waals surface area contributed by atoms with Crippen LogP contribution in [0.5, 0.6) is 0 Å². The SMILES string of the molecule is O=C(Nc1ccc(Cl)cc1Cl)C1CCCN1C(=O)C=Cc1cccs1. The lowest BCUT2D eigenvalue weighted by Gasteiger charge is -2.23. The summed E-state index contributed by atoms with van der Waals surface area (Å²) in [6.07, 6.45) is 4.73. The number of nitrogens with zero attached hydrogens (tertiary/aromatic N) is 1. The molecule has 3 rings (SSSR count). The number of carbonyl (C=O) groups is 2. The summed E-state index contributed by atoms with van der Waals surface area (Å²) in [6, 6.07) is 8.25. The predicted octanol–water partition coefficient (Wildman–Crippen LogP) is 4.70. The lowest BCUT2D eigenvalue weighted by atomic mass is 10.2. The molecular formula is C18H16Cl2N2O2S. The summed E-state index contributed by atoms with van der Waals surface area (Å²) in [5, 5.41) is 5.61. The molecule has 1 unspecified atom stereocenters. The molecule has 1 aliphatic rings. The zero-order chi connectivity index (χ0) is 17.8. The summed E-state index contributed by atoms with van der Waals surface area (Å²) in [4.78, 5) is 27.6. The number of halogens is 2. The lowest BCUT2D eigenvalue weighted by molar-refractivity contribution is -0.132. The molecule has 4 nitrogen and oxygen atoms in total. The zero-order valence-corrected chi connectivity index (χ0v) is 15.6. The molecule has 1 aliphatic heterocycles. The molecule has 1 N–H and O–H groups in total. The fourth-order valence-electron chi connectivity index (χ4n) is 2.75. The highest BCUT2D eigenvalue weighted by Crippen LogP contribution is 2.27. The van der Waals surface area contributed by atoms with Gasteiger partial charge in [-0.3, -0.25) is 9.59 Å². The van der Waals surface area contributed by atoms with Gasteiger partial charge in [-0.15, -0.1) is 11.3 Å². The molecule has 25 heavy (non-hydrogen) atoms. The molecule has 0 saturated carbocycles. The van der Waals surface area contributed by atoms with Gasteiger partial charge in [0, 0.05) is 22.5 Å². The highest BCUT2D eigenvalue weighted by molar-refractivity contribution is 7.10. The molecule has 2 heterocycles. The number of hydrogen-bond donors (Lipinski definition) is 1. The Kier molecular flexibility index (Phi) is 5.78. The van der Waals surface area contributed by atoms with E-state index in [0.717, 1.165) is 11.3 Å². The van der Waals surface area contributed by atoms with Gasteiger partial charge in [0.1, 0.15) is 6.04 Å². The Bertz CT molecular complexity index is 805. The van der Waals surface area contributed by atoms with Crippen molar-refractivity contribution in [3.8, 4) is 0 Å². The van der Waals surface area contributed by atoms with E-state index in [1.54, 1.807) is 40.5 Å². The Morgan fingerprint density at radius 3 is 2.84 bits per heavy atom.